The number of hydrogen-bond donors (Lipinski definition) is 2. The van der Waals surface area contributed by atoms with Gasteiger partial charge in [0.05, 0.1) is 11.8 Å². The molecule has 1 unspecified atom stereocenters. The van der Waals surface area contributed by atoms with Gasteiger partial charge >= 0.3 is 0 Å². The molecule has 0 fully saturated rings. The smallest absolute Gasteiger partial charge is 0.139 e. The first-order valence-corrected chi connectivity index (χ1v) is 9.83. The molecule has 1 aliphatic carbocycles. The number of nitrogens with zero attached hydrogens (tertiary/aromatic N) is 2. The van der Waals surface area contributed by atoms with Crippen LogP contribution in [0.4, 0.5) is 11.4 Å². The molecular formula is C24H24N4O. The van der Waals surface area contributed by atoms with Gasteiger partial charge in [0.2, 0.25) is 0 Å². The average Bonchev–Trinajstić information content (AvgIpc) is 3.29. The highest BCUT2D eigenvalue weighted by atomic mass is 16.5. The van der Waals surface area contributed by atoms with Gasteiger partial charge < -0.3 is 19.6 Å². The standard InChI is InChI=1S/C24H24N4O/c1-15-5-4-6-16(11-15)26-21-9-10-25-24-19(21)13-22(27-24)20-14-28(2)23-8-7-17(29-3)12-18(20)23/h4-11,13-14,17H,12H2,1-3H3,(H2,25,26,27). The van der Waals surface area contributed by atoms with Crippen molar-refractivity contribution in [1.29, 1.82) is 0 Å². The van der Waals surface area contributed by atoms with E-state index in [9.17, 15) is 0 Å². The molecule has 5 nitrogen and oxygen atoms in total. The number of ether oxygens (including phenoxy) is 1. The molecule has 0 radical (unpaired) electrons. The van der Waals surface area contributed by atoms with Gasteiger partial charge in [-0.05, 0) is 48.4 Å². The molecule has 0 spiro atoms. The summed E-state index contributed by atoms with van der Waals surface area (Å²) in [4.78, 5) is 8.07. The van der Waals surface area contributed by atoms with Gasteiger partial charge in [-0.3, -0.25) is 0 Å². The Bertz CT molecular complexity index is 1230. The minimum Gasteiger partial charge on any atom is -0.377 e. The number of H-pyrrole nitrogens is 1. The Morgan fingerprint density at radius 1 is 1.24 bits per heavy atom. The molecule has 0 saturated carbocycles. The fourth-order valence-electron chi connectivity index (χ4n) is 4.15. The van der Waals surface area contributed by atoms with Crippen molar-refractivity contribution in [3.05, 3.63) is 71.7 Å². The van der Waals surface area contributed by atoms with Crippen LogP contribution in [0.1, 0.15) is 16.8 Å². The third-order valence-corrected chi connectivity index (χ3v) is 5.63. The van der Waals surface area contributed by atoms with Crippen LogP contribution in [-0.2, 0) is 18.2 Å². The normalized spacial score (nSPS) is 15.6. The summed E-state index contributed by atoms with van der Waals surface area (Å²) in [6.45, 7) is 2.10. The van der Waals surface area contributed by atoms with E-state index >= 15 is 0 Å². The topological polar surface area (TPSA) is 54.9 Å². The maximum atomic E-state index is 5.57. The number of hydrogen-bond acceptors (Lipinski definition) is 3. The van der Waals surface area contributed by atoms with Gasteiger partial charge in [-0.25, -0.2) is 4.98 Å². The lowest BCUT2D eigenvalue weighted by Gasteiger charge is -2.17. The lowest BCUT2D eigenvalue weighted by molar-refractivity contribution is 0.141. The summed E-state index contributed by atoms with van der Waals surface area (Å²) in [5.74, 6) is 0. The minimum absolute atomic E-state index is 0.115. The lowest BCUT2D eigenvalue weighted by Crippen LogP contribution is -2.15. The van der Waals surface area contributed by atoms with Crippen LogP contribution in [0, 0.1) is 6.92 Å². The van der Waals surface area contributed by atoms with Crippen molar-refractivity contribution in [2.24, 2.45) is 7.05 Å². The summed E-state index contributed by atoms with van der Waals surface area (Å²) in [7, 11) is 3.85. The first-order valence-electron chi connectivity index (χ1n) is 9.83. The van der Waals surface area contributed by atoms with Crippen molar-refractivity contribution >= 4 is 28.5 Å². The Kier molecular flexibility index (Phi) is 4.25. The third kappa shape index (κ3) is 3.13. The van der Waals surface area contributed by atoms with Gasteiger partial charge in [0.25, 0.3) is 0 Å². The summed E-state index contributed by atoms with van der Waals surface area (Å²) in [5, 5.41) is 4.62. The van der Waals surface area contributed by atoms with Crippen LogP contribution in [0.5, 0.6) is 0 Å². The van der Waals surface area contributed by atoms with Crippen molar-refractivity contribution in [1.82, 2.24) is 14.5 Å². The van der Waals surface area contributed by atoms with Crippen LogP contribution >= 0.6 is 0 Å². The quantitative estimate of drug-likeness (QED) is 0.508. The predicted octanol–water partition coefficient (Wildman–Crippen LogP) is 5.20. The number of benzene rings is 1. The van der Waals surface area contributed by atoms with Gasteiger partial charge in [0.15, 0.2) is 0 Å². The molecule has 0 bridgehead atoms. The lowest BCUT2D eigenvalue weighted by atomic mass is 9.97. The predicted molar refractivity (Wildman–Crippen MR) is 118 cm³/mol. The second-order valence-electron chi connectivity index (χ2n) is 7.65. The Labute approximate surface area is 170 Å². The second-order valence-corrected chi connectivity index (χ2v) is 7.65. The van der Waals surface area contributed by atoms with Crippen LogP contribution in [0.2, 0.25) is 0 Å². The molecule has 5 heteroatoms. The summed E-state index contributed by atoms with van der Waals surface area (Å²) < 4.78 is 7.75. The Hall–Kier alpha value is -3.31. The second kappa shape index (κ2) is 6.94. The van der Waals surface area contributed by atoms with Crippen molar-refractivity contribution in [3.63, 3.8) is 0 Å². The molecule has 1 aromatic carbocycles. The summed E-state index contributed by atoms with van der Waals surface area (Å²) in [5.41, 5.74) is 9.05. The van der Waals surface area contributed by atoms with Crippen LogP contribution in [0.25, 0.3) is 28.4 Å². The van der Waals surface area contributed by atoms with Gasteiger partial charge in [0.1, 0.15) is 5.65 Å². The summed E-state index contributed by atoms with van der Waals surface area (Å²) in [6, 6.07) is 12.6. The molecule has 3 aromatic heterocycles. The van der Waals surface area contributed by atoms with Crippen LogP contribution in [0.15, 0.2) is 54.9 Å². The number of aromatic nitrogens is 3. The number of nitrogens with one attached hydrogen (secondary N) is 2. The molecule has 4 aromatic rings. The summed E-state index contributed by atoms with van der Waals surface area (Å²) >= 11 is 0. The van der Waals surface area contributed by atoms with E-state index in [1.54, 1.807) is 7.11 Å². The van der Waals surface area contributed by atoms with Crippen LogP contribution in [-0.4, -0.2) is 27.7 Å². The molecular weight excluding hydrogens is 360 g/mol. The zero-order chi connectivity index (χ0) is 20.0. The molecule has 0 saturated heterocycles. The maximum Gasteiger partial charge on any atom is 0.139 e. The highest BCUT2D eigenvalue weighted by Crippen LogP contribution is 2.35. The van der Waals surface area contributed by atoms with E-state index < -0.39 is 0 Å². The van der Waals surface area contributed by atoms with Gasteiger partial charge in [-0.15, -0.1) is 0 Å². The molecule has 0 aliphatic heterocycles. The number of methoxy groups -OCH3 is 1. The van der Waals surface area contributed by atoms with E-state index in [0.717, 1.165) is 34.5 Å². The Morgan fingerprint density at radius 3 is 2.97 bits per heavy atom. The molecule has 0 amide bonds. The fourth-order valence-corrected chi connectivity index (χ4v) is 4.15. The molecule has 29 heavy (non-hydrogen) atoms. The monoisotopic (exact) mass is 384 g/mol. The number of rotatable bonds is 4. The number of aromatic amines is 1. The molecule has 1 atom stereocenters. The maximum absolute atomic E-state index is 5.57. The van der Waals surface area contributed by atoms with Crippen molar-refractivity contribution in [3.8, 4) is 11.3 Å². The van der Waals surface area contributed by atoms with E-state index in [1.807, 2.05) is 12.3 Å². The fraction of sp³-hybridized carbons (Fsp3) is 0.208. The first-order chi connectivity index (χ1) is 14.1. The molecule has 3 heterocycles. The highest BCUT2D eigenvalue weighted by molar-refractivity contribution is 5.95. The van der Waals surface area contributed by atoms with Gasteiger partial charge in [-0.1, -0.05) is 18.2 Å². The van der Waals surface area contributed by atoms with Crippen molar-refractivity contribution in [2.75, 3.05) is 12.4 Å². The third-order valence-electron chi connectivity index (χ3n) is 5.63. The first kappa shape index (κ1) is 17.8. The Morgan fingerprint density at radius 2 is 2.14 bits per heavy atom. The molecule has 1 aliphatic rings. The number of pyridine rings is 1. The largest absolute Gasteiger partial charge is 0.377 e. The van der Waals surface area contributed by atoms with Gasteiger partial charge in [0, 0.05) is 61.0 Å². The van der Waals surface area contributed by atoms with Crippen LogP contribution < -0.4 is 5.32 Å². The van der Waals surface area contributed by atoms with Gasteiger partial charge in [-0.2, -0.15) is 0 Å². The highest BCUT2D eigenvalue weighted by Gasteiger charge is 2.22. The summed E-state index contributed by atoms with van der Waals surface area (Å²) in [6.07, 6.45) is 9.29. The van der Waals surface area contributed by atoms with Crippen LogP contribution in [0.3, 0.4) is 0 Å². The van der Waals surface area contributed by atoms with Crippen molar-refractivity contribution in [2.45, 2.75) is 19.4 Å². The number of aryl methyl sites for hydroxylation is 2. The Balaban J connectivity index is 1.58. The molecule has 146 valence electrons. The van der Waals surface area contributed by atoms with Crippen molar-refractivity contribution < 1.29 is 4.74 Å². The van der Waals surface area contributed by atoms with E-state index in [-0.39, 0.29) is 6.10 Å². The van der Waals surface area contributed by atoms with E-state index in [0.29, 0.717) is 0 Å². The average molecular weight is 384 g/mol. The zero-order valence-corrected chi connectivity index (χ0v) is 16.9. The van der Waals surface area contributed by atoms with E-state index in [4.69, 9.17) is 4.74 Å². The van der Waals surface area contributed by atoms with E-state index in [2.05, 4.69) is 82.5 Å². The minimum atomic E-state index is 0.115. The number of anilines is 2. The SMILES string of the molecule is COC1C=Cc2c(c(-c3cc4c(Nc5cccc(C)c5)ccnc4[nH]3)cn2C)C1. The number of fused-ring (bicyclic) bond motifs is 2. The zero-order valence-electron chi connectivity index (χ0n) is 16.9. The molecule has 5 rings (SSSR count). The van der Waals surface area contributed by atoms with E-state index in [1.165, 1.54) is 22.4 Å². The molecule has 2 N–H and O–H groups in total.